The molecule has 1 aliphatic carbocycles. The first kappa shape index (κ1) is 9.49. The maximum Gasteiger partial charge on any atom is 0.214 e. The van der Waals surface area contributed by atoms with Crippen LogP contribution >= 0.6 is 0 Å². The second kappa shape index (κ2) is 3.42. The molecule has 0 saturated heterocycles. The first-order valence-corrected chi connectivity index (χ1v) is 5.46. The fourth-order valence-electron chi connectivity index (χ4n) is 1.51. The summed E-state index contributed by atoms with van der Waals surface area (Å²) in [5, 5.41) is 8.20. The Bertz CT molecular complexity index is 291. The molecule has 1 rings (SSSR count). The highest BCUT2D eigenvalue weighted by molar-refractivity contribution is 7.90. The van der Waals surface area contributed by atoms with Gasteiger partial charge in [0.2, 0.25) is 10.0 Å². The summed E-state index contributed by atoms with van der Waals surface area (Å²) in [7, 11) is -1.73. The number of nitriles is 1. The number of hydrogen-bond acceptors (Lipinski definition) is 3. The summed E-state index contributed by atoms with van der Waals surface area (Å²) in [4.78, 5) is 0. The van der Waals surface area contributed by atoms with E-state index in [1.807, 2.05) is 0 Å². The van der Waals surface area contributed by atoms with Crippen LogP contribution in [0.15, 0.2) is 0 Å². The van der Waals surface area contributed by atoms with Crippen molar-refractivity contribution in [2.75, 3.05) is 7.05 Å². The molecule has 0 aliphatic heterocycles. The Balaban J connectivity index is 2.66. The van der Waals surface area contributed by atoms with Crippen molar-refractivity contribution in [3.05, 3.63) is 0 Å². The molecule has 2 atom stereocenters. The van der Waals surface area contributed by atoms with E-state index in [1.165, 1.54) is 7.05 Å². The van der Waals surface area contributed by atoms with Gasteiger partial charge in [0.05, 0.1) is 11.3 Å². The maximum absolute atomic E-state index is 11.2. The summed E-state index contributed by atoms with van der Waals surface area (Å²) in [6.45, 7) is 0. The van der Waals surface area contributed by atoms with E-state index in [-0.39, 0.29) is 11.2 Å². The molecular formula is C7H12N2O2S. The fourth-order valence-corrected chi connectivity index (χ4v) is 2.77. The Hall–Kier alpha value is -0.600. The van der Waals surface area contributed by atoms with Gasteiger partial charge in [-0.25, -0.2) is 13.1 Å². The van der Waals surface area contributed by atoms with E-state index in [0.717, 1.165) is 0 Å². The van der Waals surface area contributed by atoms with Crippen LogP contribution in [0.25, 0.3) is 0 Å². The zero-order valence-corrected chi connectivity index (χ0v) is 7.76. The highest BCUT2D eigenvalue weighted by Crippen LogP contribution is 2.28. The van der Waals surface area contributed by atoms with E-state index in [0.29, 0.717) is 19.3 Å². The van der Waals surface area contributed by atoms with Crippen LogP contribution in [0.3, 0.4) is 0 Å². The summed E-state index contributed by atoms with van der Waals surface area (Å²) in [5.74, 6) is -0.0712. The van der Waals surface area contributed by atoms with Crippen LogP contribution in [-0.2, 0) is 10.0 Å². The molecule has 0 aromatic carbocycles. The molecule has 0 amide bonds. The average molecular weight is 188 g/mol. The van der Waals surface area contributed by atoms with Crippen LogP contribution in [0.1, 0.15) is 19.3 Å². The predicted octanol–water partition coefficient (Wildman–Crippen LogP) is 0.228. The van der Waals surface area contributed by atoms with Gasteiger partial charge < -0.3 is 0 Å². The van der Waals surface area contributed by atoms with Gasteiger partial charge in [-0.15, -0.1) is 0 Å². The molecule has 68 valence electrons. The van der Waals surface area contributed by atoms with Gasteiger partial charge in [-0.3, -0.25) is 0 Å². The lowest BCUT2D eigenvalue weighted by molar-refractivity contribution is 0.569. The number of sulfonamides is 1. The molecule has 0 bridgehead atoms. The standard InChI is InChI=1S/C7H12N2O2S/c1-9-12(10,11)7-3-2-6(4-7)5-8/h6-7,9H,2-4H2,1H3/t6-,7+/m1/s1. The summed E-state index contributed by atoms with van der Waals surface area (Å²) in [6, 6.07) is 2.10. The second-order valence-corrected chi connectivity index (χ2v) is 5.18. The van der Waals surface area contributed by atoms with Gasteiger partial charge in [0.15, 0.2) is 0 Å². The molecule has 0 aromatic heterocycles. The van der Waals surface area contributed by atoms with Gasteiger partial charge in [-0.05, 0) is 26.3 Å². The molecule has 1 fully saturated rings. The SMILES string of the molecule is CNS(=O)(=O)[C@H]1CC[C@@H](C#N)C1. The molecule has 5 heteroatoms. The van der Waals surface area contributed by atoms with E-state index in [1.54, 1.807) is 0 Å². The maximum atomic E-state index is 11.2. The summed E-state index contributed by atoms with van der Waals surface area (Å²) >= 11 is 0. The Kier molecular flexibility index (Phi) is 2.70. The largest absolute Gasteiger partial charge is 0.218 e. The van der Waals surface area contributed by atoms with Crippen molar-refractivity contribution in [1.82, 2.24) is 4.72 Å². The van der Waals surface area contributed by atoms with E-state index < -0.39 is 10.0 Å². The molecule has 0 unspecified atom stereocenters. The number of hydrogen-bond donors (Lipinski definition) is 1. The molecular weight excluding hydrogens is 176 g/mol. The molecule has 0 radical (unpaired) electrons. The third-order valence-electron chi connectivity index (χ3n) is 2.29. The topological polar surface area (TPSA) is 70.0 Å². The van der Waals surface area contributed by atoms with Crippen molar-refractivity contribution < 1.29 is 8.42 Å². The summed E-state index contributed by atoms with van der Waals surface area (Å²) in [5.41, 5.74) is 0. The Morgan fingerprint density at radius 3 is 2.58 bits per heavy atom. The third-order valence-corrected chi connectivity index (χ3v) is 4.17. The molecule has 0 heterocycles. The number of nitrogens with zero attached hydrogens (tertiary/aromatic N) is 1. The predicted molar refractivity (Wildman–Crippen MR) is 44.7 cm³/mol. The van der Waals surface area contributed by atoms with Gasteiger partial charge in [0.1, 0.15) is 0 Å². The minimum Gasteiger partial charge on any atom is -0.218 e. The zero-order valence-electron chi connectivity index (χ0n) is 6.95. The quantitative estimate of drug-likeness (QED) is 0.674. The van der Waals surface area contributed by atoms with Crippen molar-refractivity contribution in [2.45, 2.75) is 24.5 Å². The lowest BCUT2D eigenvalue weighted by Gasteiger charge is -2.08. The van der Waals surface area contributed by atoms with E-state index >= 15 is 0 Å². The molecule has 1 aliphatic rings. The van der Waals surface area contributed by atoms with Crippen molar-refractivity contribution in [3.8, 4) is 6.07 Å². The van der Waals surface area contributed by atoms with Crippen LogP contribution in [0.4, 0.5) is 0 Å². The monoisotopic (exact) mass is 188 g/mol. The van der Waals surface area contributed by atoms with Gasteiger partial charge in [0, 0.05) is 5.92 Å². The van der Waals surface area contributed by atoms with Crippen molar-refractivity contribution >= 4 is 10.0 Å². The third kappa shape index (κ3) is 1.76. The van der Waals surface area contributed by atoms with Crippen LogP contribution in [-0.4, -0.2) is 20.7 Å². The van der Waals surface area contributed by atoms with Crippen LogP contribution in [0.2, 0.25) is 0 Å². The molecule has 1 N–H and O–H groups in total. The highest BCUT2D eigenvalue weighted by atomic mass is 32.2. The minimum atomic E-state index is -3.14. The van der Waals surface area contributed by atoms with E-state index in [4.69, 9.17) is 5.26 Å². The fraction of sp³-hybridized carbons (Fsp3) is 0.857. The van der Waals surface area contributed by atoms with Gasteiger partial charge in [-0.1, -0.05) is 0 Å². The Morgan fingerprint density at radius 2 is 2.17 bits per heavy atom. The molecule has 12 heavy (non-hydrogen) atoms. The Morgan fingerprint density at radius 1 is 1.50 bits per heavy atom. The van der Waals surface area contributed by atoms with Gasteiger partial charge in [-0.2, -0.15) is 5.26 Å². The van der Waals surface area contributed by atoms with Crippen molar-refractivity contribution in [2.24, 2.45) is 5.92 Å². The molecule has 0 aromatic rings. The summed E-state index contributed by atoms with van der Waals surface area (Å²) in [6.07, 6.45) is 1.81. The van der Waals surface area contributed by atoms with Gasteiger partial charge >= 0.3 is 0 Å². The minimum absolute atomic E-state index is 0.0712. The highest BCUT2D eigenvalue weighted by Gasteiger charge is 2.33. The van der Waals surface area contributed by atoms with E-state index in [9.17, 15) is 8.42 Å². The Labute approximate surface area is 72.6 Å². The van der Waals surface area contributed by atoms with Crippen molar-refractivity contribution in [3.63, 3.8) is 0 Å². The van der Waals surface area contributed by atoms with Crippen LogP contribution < -0.4 is 4.72 Å². The lowest BCUT2D eigenvalue weighted by atomic mass is 10.1. The molecule has 0 spiro atoms. The van der Waals surface area contributed by atoms with Crippen LogP contribution in [0, 0.1) is 17.2 Å². The smallest absolute Gasteiger partial charge is 0.214 e. The summed E-state index contributed by atoms with van der Waals surface area (Å²) < 4.78 is 24.8. The normalized spacial score (nSPS) is 30.0. The second-order valence-electron chi connectivity index (χ2n) is 3.01. The average Bonchev–Trinajstić information content (AvgIpc) is 2.52. The zero-order chi connectivity index (χ0) is 9.19. The molecule has 4 nitrogen and oxygen atoms in total. The van der Waals surface area contributed by atoms with Crippen molar-refractivity contribution in [1.29, 1.82) is 5.26 Å². The first-order valence-electron chi connectivity index (χ1n) is 3.92. The first-order chi connectivity index (χ1) is 5.60. The molecule has 1 saturated carbocycles. The lowest BCUT2D eigenvalue weighted by Crippen LogP contribution is -2.29. The number of rotatable bonds is 2. The van der Waals surface area contributed by atoms with Crippen LogP contribution in [0.5, 0.6) is 0 Å². The number of nitrogens with one attached hydrogen (secondary N) is 1. The van der Waals surface area contributed by atoms with Gasteiger partial charge in [0.25, 0.3) is 0 Å². The van der Waals surface area contributed by atoms with E-state index in [2.05, 4.69) is 10.8 Å².